The molecule has 1 amide bonds. The second kappa shape index (κ2) is 9.64. The molecule has 0 aliphatic rings. The van der Waals surface area contributed by atoms with Crippen molar-refractivity contribution in [3.05, 3.63) is 95.3 Å². The van der Waals surface area contributed by atoms with E-state index in [2.05, 4.69) is 46.6 Å². The molecule has 0 radical (unpaired) electrons. The Morgan fingerprint density at radius 1 is 1.07 bits per heavy atom. The van der Waals surface area contributed by atoms with E-state index in [0.29, 0.717) is 24.0 Å². The SMILES string of the molecule is Cc1cccc(C(=O)NC(=NCc2cccnc2)Nc2cccc(C(C)C)c2)c1. The number of anilines is 1. The van der Waals surface area contributed by atoms with Crippen LogP contribution in [0.15, 0.2) is 78.0 Å². The van der Waals surface area contributed by atoms with Gasteiger partial charge in [-0.1, -0.05) is 49.7 Å². The Morgan fingerprint density at radius 2 is 1.90 bits per heavy atom. The van der Waals surface area contributed by atoms with E-state index < -0.39 is 0 Å². The van der Waals surface area contributed by atoms with Crippen LogP contribution in [0.1, 0.15) is 46.8 Å². The number of benzene rings is 2. The van der Waals surface area contributed by atoms with E-state index in [0.717, 1.165) is 16.8 Å². The third kappa shape index (κ3) is 6.01. The lowest BCUT2D eigenvalue weighted by Gasteiger charge is -2.14. The summed E-state index contributed by atoms with van der Waals surface area (Å²) in [4.78, 5) is 21.4. The van der Waals surface area contributed by atoms with E-state index in [1.165, 1.54) is 5.56 Å². The third-order valence-electron chi connectivity index (χ3n) is 4.47. The summed E-state index contributed by atoms with van der Waals surface area (Å²) in [7, 11) is 0. The van der Waals surface area contributed by atoms with Gasteiger partial charge < -0.3 is 5.32 Å². The second-order valence-electron chi connectivity index (χ2n) is 7.25. The number of nitrogens with zero attached hydrogens (tertiary/aromatic N) is 2. The first-order chi connectivity index (χ1) is 14.0. The molecule has 148 valence electrons. The summed E-state index contributed by atoms with van der Waals surface area (Å²) in [5, 5.41) is 6.16. The summed E-state index contributed by atoms with van der Waals surface area (Å²) in [5.74, 6) is 0.613. The fraction of sp³-hybridized carbons (Fsp3) is 0.208. The Hall–Kier alpha value is -3.47. The molecule has 2 aromatic carbocycles. The number of aromatic nitrogens is 1. The molecule has 0 saturated heterocycles. The Labute approximate surface area is 171 Å². The van der Waals surface area contributed by atoms with Crippen LogP contribution in [-0.4, -0.2) is 16.9 Å². The van der Waals surface area contributed by atoms with Crippen molar-refractivity contribution in [2.75, 3.05) is 5.32 Å². The summed E-state index contributed by atoms with van der Waals surface area (Å²) in [6, 6.07) is 19.4. The normalized spacial score (nSPS) is 11.4. The van der Waals surface area contributed by atoms with Crippen LogP contribution in [0.2, 0.25) is 0 Å². The zero-order chi connectivity index (χ0) is 20.6. The summed E-state index contributed by atoms with van der Waals surface area (Å²) in [6.45, 7) is 6.67. The number of hydrogen-bond acceptors (Lipinski definition) is 3. The van der Waals surface area contributed by atoms with Crippen molar-refractivity contribution in [3.8, 4) is 0 Å². The average molecular weight is 386 g/mol. The van der Waals surface area contributed by atoms with Crippen molar-refractivity contribution in [2.24, 2.45) is 4.99 Å². The molecule has 3 rings (SSSR count). The van der Waals surface area contributed by atoms with Gasteiger partial charge in [0, 0.05) is 23.6 Å². The van der Waals surface area contributed by atoms with Crippen molar-refractivity contribution in [2.45, 2.75) is 33.2 Å². The zero-order valence-corrected chi connectivity index (χ0v) is 17.0. The third-order valence-corrected chi connectivity index (χ3v) is 4.47. The maximum absolute atomic E-state index is 12.7. The summed E-state index contributed by atoms with van der Waals surface area (Å²) < 4.78 is 0. The molecule has 1 aromatic heterocycles. The average Bonchev–Trinajstić information content (AvgIpc) is 2.73. The minimum absolute atomic E-state index is 0.203. The molecule has 0 atom stereocenters. The minimum Gasteiger partial charge on any atom is -0.326 e. The molecule has 0 aliphatic carbocycles. The van der Waals surface area contributed by atoms with E-state index in [4.69, 9.17) is 0 Å². The molecule has 5 nitrogen and oxygen atoms in total. The number of rotatable bonds is 5. The first-order valence-electron chi connectivity index (χ1n) is 9.69. The van der Waals surface area contributed by atoms with Gasteiger partial charge in [0.1, 0.15) is 0 Å². The smallest absolute Gasteiger partial charge is 0.257 e. The maximum atomic E-state index is 12.7. The highest BCUT2D eigenvalue weighted by atomic mass is 16.1. The first kappa shape index (κ1) is 20.3. The number of aryl methyl sites for hydroxylation is 1. The predicted molar refractivity (Wildman–Crippen MR) is 118 cm³/mol. The number of carbonyl (C=O) groups is 1. The van der Waals surface area contributed by atoms with Gasteiger partial charge in [-0.2, -0.15) is 0 Å². The van der Waals surface area contributed by atoms with E-state index in [-0.39, 0.29) is 5.91 Å². The number of aliphatic imine (C=N–C) groups is 1. The van der Waals surface area contributed by atoms with Crippen LogP contribution in [0.3, 0.4) is 0 Å². The molecular formula is C24H26N4O. The lowest BCUT2D eigenvalue weighted by Crippen LogP contribution is -2.36. The van der Waals surface area contributed by atoms with Gasteiger partial charge in [0.15, 0.2) is 0 Å². The monoisotopic (exact) mass is 386 g/mol. The largest absolute Gasteiger partial charge is 0.326 e. The Kier molecular flexibility index (Phi) is 6.74. The molecule has 1 heterocycles. The molecule has 3 aromatic rings. The van der Waals surface area contributed by atoms with Gasteiger partial charge in [-0.25, -0.2) is 4.99 Å². The van der Waals surface area contributed by atoms with Crippen LogP contribution in [0.4, 0.5) is 5.69 Å². The topological polar surface area (TPSA) is 66.4 Å². The van der Waals surface area contributed by atoms with Gasteiger partial charge in [-0.15, -0.1) is 0 Å². The van der Waals surface area contributed by atoms with Crippen molar-refractivity contribution >= 4 is 17.6 Å². The molecule has 0 fully saturated rings. The van der Waals surface area contributed by atoms with Gasteiger partial charge in [0.2, 0.25) is 5.96 Å². The Morgan fingerprint density at radius 3 is 2.62 bits per heavy atom. The fourth-order valence-electron chi connectivity index (χ4n) is 2.85. The van der Waals surface area contributed by atoms with Gasteiger partial charge in [-0.3, -0.25) is 15.1 Å². The van der Waals surface area contributed by atoms with Gasteiger partial charge in [0.25, 0.3) is 5.91 Å². The van der Waals surface area contributed by atoms with Gasteiger partial charge >= 0.3 is 0 Å². The molecule has 0 bridgehead atoms. The quantitative estimate of drug-likeness (QED) is 0.483. The Balaban J connectivity index is 1.83. The lowest BCUT2D eigenvalue weighted by atomic mass is 10.0. The zero-order valence-electron chi connectivity index (χ0n) is 17.0. The molecular weight excluding hydrogens is 360 g/mol. The first-order valence-corrected chi connectivity index (χ1v) is 9.69. The summed E-state index contributed by atoms with van der Waals surface area (Å²) in [6.07, 6.45) is 3.49. The van der Waals surface area contributed by atoms with Crippen molar-refractivity contribution < 1.29 is 4.79 Å². The number of carbonyl (C=O) groups excluding carboxylic acids is 1. The van der Waals surface area contributed by atoms with Crippen LogP contribution in [0.25, 0.3) is 0 Å². The molecule has 0 saturated carbocycles. The van der Waals surface area contributed by atoms with E-state index >= 15 is 0 Å². The highest BCUT2D eigenvalue weighted by Gasteiger charge is 2.10. The lowest BCUT2D eigenvalue weighted by molar-refractivity contribution is 0.0977. The van der Waals surface area contributed by atoms with Crippen LogP contribution in [0, 0.1) is 6.92 Å². The number of pyridine rings is 1. The van der Waals surface area contributed by atoms with Crippen molar-refractivity contribution in [1.29, 1.82) is 0 Å². The highest BCUT2D eigenvalue weighted by molar-refractivity contribution is 6.10. The molecule has 0 unspecified atom stereocenters. The molecule has 29 heavy (non-hydrogen) atoms. The van der Waals surface area contributed by atoms with Crippen LogP contribution < -0.4 is 10.6 Å². The standard InChI is InChI=1S/C24H26N4O/c1-17(2)20-9-5-11-22(14-20)27-24(26-16-19-8-6-12-25-15-19)28-23(29)21-10-4-7-18(3)13-21/h4-15,17H,16H2,1-3H3,(H2,26,27,28,29). The predicted octanol–water partition coefficient (Wildman–Crippen LogP) is 4.91. The summed E-state index contributed by atoms with van der Waals surface area (Å²) >= 11 is 0. The van der Waals surface area contributed by atoms with Gasteiger partial charge in [0.05, 0.1) is 6.54 Å². The highest BCUT2D eigenvalue weighted by Crippen LogP contribution is 2.18. The second-order valence-corrected chi connectivity index (χ2v) is 7.25. The molecule has 5 heteroatoms. The van der Waals surface area contributed by atoms with E-state index in [1.807, 2.05) is 49.4 Å². The molecule has 0 spiro atoms. The van der Waals surface area contributed by atoms with Crippen molar-refractivity contribution in [3.63, 3.8) is 0 Å². The van der Waals surface area contributed by atoms with E-state index in [1.54, 1.807) is 18.5 Å². The Bertz CT molecular complexity index is 997. The molecule has 2 N–H and O–H groups in total. The minimum atomic E-state index is -0.203. The fourth-order valence-corrected chi connectivity index (χ4v) is 2.85. The van der Waals surface area contributed by atoms with Crippen LogP contribution >= 0.6 is 0 Å². The summed E-state index contributed by atoms with van der Waals surface area (Å²) in [5.41, 5.74) is 4.69. The maximum Gasteiger partial charge on any atom is 0.257 e. The van der Waals surface area contributed by atoms with Crippen LogP contribution in [0.5, 0.6) is 0 Å². The number of amides is 1. The molecule has 0 aliphatic heterocycles. The van der Waals surface area contributed by atoms with E-state index in [9.17, 15) is 4.79 Å². The van der Waals surface area contributed by atoms with Gasteiger partial charge in [-0.05, 0) is 54.3 Å². The number of guanidine groups is 1. The van der Waals surface area contributed by atoms with Crippen molar-refractivity contribution in [1.82, 2.24) is 10.3 Å². The number of hydrogen-bond donors (Lipinski definition) is 2. The number of nitrogens with one attached hydrogen (secondary N) is 2. The van der Waals surface area contributed by atoms with Crippen LogP contribution in [-0.2, 0) is 6.54 Å².